The minimum atomic E-state index is -3.30. The highest BCUT2D eigenvalue weighted by Crippen LogP contribution is 2.32. The fourth-order valence-corrected chi connectivity index (χ4v) is 3.26. The van der Waals surface area contributed by atoms with Gasteiger partial charge in [-0.3, -0.25) is 4.72 Å². The van der Waals surface area contributed by atoms with Gasteiger partial charge in [0.2, 0.25) is 10.0 Å². The van der Waals surface area contributed by atoms with Crippen LogP contribution in [-0.2, 0) is 10.0 Å². The lowest BCUT2D eigenvalue weighted by atomic mass is 10.2. The van der Waals surface area contributed by atoms with Crippen LogP contribution >= 0.6 is 15.9 Å². The summed E-state index contributed by atoms with van der Waals surface area (Å²) in [6, 6.07) is 3.56. The van der Waals surface area contributed by atoms with Crippen LogP contribution in [0.25, 0.3) is 0 Å². The number of hydrogen-bond acceptors (Lipinski definition) is 3. The number of benzene rings is 1. The van der Waals surface area contributed by atoms with Crippen molar-refractivity contribution < 1.29 is 13.2 Å². The van der Waals surface area contributed by atoms with Gasteiger partial charge in [-0.25, -0.2) is 8.42 Å². The first kappa shape index (κ1) is 14.3. The smallest absolute Gasteiger partial charge is 0.232 e. The van der Waals surface area contributed by atoms with Crippen LogP contribution in [0.15, 0.2) is 16.6 Å². The zero-order valence-corrected chi connectivity index (χ0v) is 12.5. The van der Waals surface area contributed by atoms with E-state index in [0.717, 1.165) is 10.0 Å². The second-order valence-electron chi connectivity index (χ2n) is 3.72. The summed E-state index contributed by atoms with van der Waals surface area (Å²) < 4.78 is 32.0. The molecular weight excluding hydrogens is 306 g/mol. The zero-order chi connectivity index (χ0) is 13.1. The Bertz CT molecular complexity index is 500. The number of anilines is 1. The van der Waals surface area contributed by atoms with Crippen LogP contribution in [0.2, 0.25) is 0 Å². The Morgan fingerprint density at radius 3 is 2.59 bits per heavy atom. The van der Waals surface area contributed by atoms with Crippen molar-refractivity contribution >= 4 is 31.6 Å². The van der Waals surface area contributed by atoms with E-state index in [1.807, 2.05) is 19.9 Å². The number of methoxy groups -OCH3 is 1. The van der Waals surface area contributed by atoms with Crippen LogP contribution in [0.3, 0.4) is 0 Å². The lowest BCUT2D eigenvalue weighted by Gasteiger charge is -2.14. The number of nitrogens with one attached hydrogen (secondary N) is 1. The average Bonchev–Trinajstić information content (AvgIpc) is 2.15. The van der Waals surface area contributed by atoms with Crippen molar-refractivity contribution in [3.8, 4) is 5.75 Å². The normalized spacial score (nSPS) is 11.3. The Morgan fingerprint density at radius 2 is 2.06 bits per heavy atom. The van der Waals surface area contributed by atoms with E-state index in [4.69, 9.17) is 4.74 Å². The van der Waals surface area contributed by atoms with Crippen LogP contribution in [0, 0.1) is 6.92 Å². The molecule has 0 aliphatic carbocycles. The lowest BCUT2D eigenvalue weighted by Crippen LogP contribution is -2.16. The fourth-order valence-electron chi connectivity index (χ4n) is 1.56. The van der Waals surface area contributed by atoms with E-state index in [0.29, 0.717) is 17.9 Å². The van der Waals surface area contributed by atoms with Gasteiger partial charge in [0, 0.05) is 4.47 Å². The van der Waals surface area contributed by atoms with Gasteiger partial charge < -0.3 is 4.74 Å². The van der Waals surface area contributed by atoms with Gasteiger partial charge in [0.25, 0.3) is 0 Å². The van der Waals surface area contributed by atoms with Crippen LogP contribution in [-0.4, -0.2) is 21.3 Å². The summed E-state index contributed by atoms with van der Waals surface area (Å²) in [5, 5.41) is 0. The lowest BCUT2D eigenvalue weighted by molar-refractivity contribution is 0.413. The van der Waals surface area contributed by atoms with Crippen LogP contribution in [0.5, 0.6) is 5.75 Å². The number of aryl methyl sites for hydroxylation is 1. The van der Waals surface area contributed by atoms with Crippen molar-refractivity contribution in [2.75, 3.05) is 17.6 Å². The zero-order valence-electron chi connectivity index (χ0n) is 10.1. The predicted octanol–water partition coefficient (Wildman–Crippen LogP) is 2.92. The molecule has 0 radical (unpaired) electrons. The Balaban J connectivity index is 3.14. The molecule has 0 heterocycles. The van der Waals surface area contributed by atoms with Crippen LogP contribution < -0.4 is 9.46 Å². The Kier molecular flexibility index (Phi) is 4.82. The van der Waals surface area contributed by atoms with Gasteiger partial charge in [0.1, 0.15) is 5.75 Å². The second kappa shape index (κ2) is 5.73. The molecule has 0 bridgehead atoms. The second-order valence-corrected chi connectivity index (χ2v) is 6.48. The number of hydrogen-bond donors (Lipinski definition) is 1. The molecule has 1 rings (SSSR count). The van der Waals surface area contributed by atoms with Crippen molar-refractivity contribution in [2.24, 2.45) is 0 Å². The minimum absolute atomic E-state index is 0.0989. The molecule has 0 fully saturated rings. The highest BCUT2D eigenvalue weighted by Gasteiger charge is 2.14. The maximum absolute atomic E-state index is 11.7. The summed E-state index contributed by atoms with van der Waals surface area (Å²) in [5.41, 5.74) is 1.34. The van der Waals surface area contributed by atoms with Crippen molar-refractivity contribution in [2.45, 2.75) is 20.3 Å². The van der Waals surface area contributed by atoms with Gasteiger partial charge >= 0.3 is 0 Å². The van der Waals surface area contributed by atoms with Gasteiger partial charge in [-0.05, 0) is 31.0 Å². The molecule has 0 aromatic heterocycles. The SMILES string of the molecule is CCCS(=O)(=O)Nc1cc(Br)cc(C)c1OC. The highest BCUT2D eigenvalue weighted by molar-refractivity contribution is 9.10. The molecule has 0 unspecified atom stereocenters. The van der Waals surface area contributed by atoms with E-state index in [-0.39, 0.29) is 5.75 Å². The molecule has 0 atom stereocenters. The average molecular weight is 322 g/mol. The standard InChI is InChI=1S/C11H16BrNO3S/c1-4-5-17(14,15)13-10-7-9(12)6-8(2)11(10)16-3/h6-7,13H,4-5H2,1-3H3. The van der Waals surface area contributed by atoms with Crippen molar-refractivity contribution in [1.82, 2.24) is 0 Å². The Morgan fingerprint density at radius 1 is 1.41 bits per heavy atom. The molecule has 96 valence electrons. The van der Waals surface area contributed by atoms with E-state index in [1.165, 1.54) is 7.11 Å². The minimum Gasteiger partial charge on any atom is -0.494 e. The molecule has 6 heteroatoms. The molecule has 0 aliphatic heterocycles. The molecule has 0 saturated carbocycles. The molecule has 0 saturated heterocycles. The highest BCUT2D eigenvalue weighted by atomic mass is 79.9. The van der Waals surface area contributed by atoms with Crippen molar-refractivity contribution in [3.63, 3.8) is 0 Å². The topological polar surface area (TPSA) is 55.4 Å². The van der Waals surface area contributed by atoms with Crippen LogP contribution in [0.4, 0.5) is 5.69 Å². The van der Waals surface area contributed by atoms with E-state index in [9.17, 15) is 8.42 Å². The summed E-state index contributed by atoms with van der Waals surface area (Å²) in [4.78, 5) is 0. The summed E-state index contributed by atoms with van der Waals surface area (Å²) in [6.45, 7) is 3.68. The van der Waals surface area contributed by atoms with Crippen molar-refractivity contribution in [3.05, 3.63) is 22.2 Å². The Hall–Kier alpha value is -0.750. The maximum Gasteiger partial charge on any atom is 0.232 e. The molecule has 4 nitrogen and oxygen atoms in total. The molecule has 0 aliphatic rings. The number of ether oxygens (including phenoxy) is 1. The first-order valence-corrected chi connectivity index (χ1v) is 7.68. The number of halogens is 1. The molecule has 0 spiro atoms. The molecule has 1 aromatic rings. The third-order valence-corrected chi connectivity index (χ3v) is 4.12. The van der Waals surface area contributed by atoms with E-state index in [2.05, 4.69) is 20.7 Å². The monoisotopic (exact) mass is 321 g/mol. The Labute approximate surface area is 111 Å². The van der Waals surface area contributed by atoms with Gasteiger partial charge in [-0.15, -0.1) is 0 Å². The fraction of sp³-hybridized carbons (Fsp3) is 0.455. The van der Waals surface area contributed by atoms with Gasteiger partial charge in [-0.1, -0.05) is 22.9 Å². The molecule has 1 aromatic carbocycles. The van der Waals surface area contributed by atoms with E-state index in [1.54, 1.807) is 6.07 Å². The van der Waals surface area contributed by atoms with Gasteiger partial charge in [0.05, 0.1) is 18.6 Å². The van der Waals surface area contributed by atoms with E-state index >= 15 is 0 Å². The molecular formula is C11H16BrNO3S. The van der Waals surface area contributed by atoms with Gasteiger partial charge in [-0.2, -0.15) is 0 Å². The van der Waals surface area contributed by atoms with Crippen molar-refractivity contribution in [1.29, 1.82) is 0 Å². The number of sulfonamides is 1. The maximum atomic E-state index is 11.7. The summed E-state index contributed by atoms with van der Waals surface area (Å²) >= 11 is 3.33. The summed E-state index contributed by atoms with van der Waals surface area (Å²) in [5.74, 6) is 0.648. The molecule has 17 heavy (non-hydrogen) atoms. The quantitative estimate of drug-likeness (QED) is 0.907. The predicted molar refractivity (Wildman–Crippen MR) is 73.1 cm³/mol. The largest absolute Gasteiger partial charge is 0.494 e. The third kappa shape index (κ3) is 3.89. The molecule has 1 N–H and O–H groups in total. The van der Waals surface area contributed by atoms with E-state index < -0.39 is 10.0 Å². The third-order valence-electron chi connectivity index (χ3n) is 2.18. The first-order chi connectivity index (χ1) is 7.89. The molecule has 0 amide bonds. The summed E-state index contributed by atoms with van der Waals surface area (Å²) in [7, 11) is -1.78. The summed E-state index contributed by atoms with van der Waals surface area (Å²) in [6.07, 6.45) is 0.574. The van der Waals surface area contributed by atoms with Crippen LogP contribution in [0.1, 0.15) is 18.9 Å². The first-order valence-electron chi connectivity index (χ1n) is 5.24. The number of rotatable bonds is 5. The van der Waals surface area contributed by atoms with Gasteiger partial charge in [0.15, 0.2) is 0 Å².